The molecule has 0 amide bonds. The number of halogens is 7. The average Bonchev–Trinajstić information content (AvgIpc) is 1.76. The van der Waals surface area contributed by atoms with E-state index in [-0.39, 0.29) is 94.7 Å². The molecule has 0 radical (unpaired) electrons. The van der Waals surface area contributed by atoms with Crippen molar-refractivity contribution >= 4 is 87.8 Å². The molecule has 2 saturated heterocycles. The van der Waals surface area contributed by atoms with E-state index in [9.17, 15) is 55.4 Å². The summed E-state index contributed by atoms with van der Waals surface area (Å²) >= 11 is 0. The van der Waals surface area contributed by atoms with Crippen molar-refractivity contribution < 1.29 is 110 Å². The second-order valence-corrected chi connectivity index (χ2v) is 38.3. The molecule has 2 fully saturated rings. The number of piperazine rings is 1. The first-order valence-corrected chi connectivity index (χ1v) is 47.2. The van der Waals surface area contributed by atoms with Crippen molar-refractivity contribution in [2.45, 2.75) is 208 Å². The van der Waals surface area contributed by atoms with E-state index in [1.165, 1.54) is 77.1 Å². The Morgan fingerprint density at radius 3 is 1.33 bits per heavy atom. The van der Waals surface area contributed by atoms with Crippen LogP contribution in [0.25, 0.3) is 33.4 Å². The van der Waals surface area contributed by atoms with E-state index < -0.39 is 24.9 Å². The molecule has 0 unspecified atom stereocenters. The maximum atomic E-state index is 13.0. The fourth-order valence-corrected chi connectivity index (χ4v) is 17.2. The van der Waals surface area contributed by atoms with Gasteiger partial charge in [-0.15, -0.1) is 25.3 Å². The number of nitrogens with zero attached hydrogens (tertiary/aromatic N) is 7. The molecule has 754 valence electrons. The predicted octanol–water partition coefficient (Wildman–Crippen LogP) is 16.1. The predicted molar refractivity (Wildman–Crippen MR) is 540 cm³/mol. The molecule has 4 aromatic heterocycles. The molecule has 8 N–H and O–H groups in total. The Morgan fingerprint density at radius 2 is 0.957 bits per heavy atom. The summed E-state index contributed by atoms with van der Waals surface area (Å²) < 4.78 is 73.0. The first kappa shape index (κ1) is 119. The number of carbonyl (C=O) groups excluding carboxylic acids is 7. The van der Waals surface area contributed by atoms with Crippen LogP contribution in [0.15, 0.2) is 135 Å². The summed E-state index contributed by atoms with van der Waals surface area (Å²) in [7, 11) is 1.69. The number of carbonyl (C=O) groups is 6. The molecule has 0 bridgehead atoms. The first-order chi connectivity index (χ1) is 65.6. The van der Waals surface area contributed by atoms with Crippen molar-refractivity contribution in [3.05, 3.63) is 248 Å². The normalized spacial score (nSPS) is 15.9. The van der Waals surface area contributed by atoms with Gasteiger partial charge in [-0.3, -0.25) is 38.6 Å². The van der Waals surface area contributed by atoms with Crippen LogP contribution in [-0.4, -0.2) is 225 Å². The number of hydrogen-bond acceptors (Lipinski definition) is 20. The third-order valence-electron chi connectivity index (χ3n) is 25.7. The molecule has 6 heterocycles. The van der Waals surface area contributed by atoms with E-state index in [0.717, 1.165) is 202 Å². The number of methoxy groups -OCH3 is 1. The Morgan fingerprint density at radius 1 is 0.560 bits per heavy atom. The van der Waals surface area contributed by atoms with Crippen molar-refractivity contribution in [3.63, 3.8) is 0 Å². The van der Waals surface area contributed by atoms with Crippen molar-refractivity contribution in [2.75, 3.05) is 106 Å². The van der Waals surface area contributed by atoms with Crippen molar-refractivity contribution in [1.29, 1.82) is 0 Å². The summed E-state index contributed by atoms with van der Waals surface area (Å²) in [5, 5.41) is 16.0. The number of hydrogen-bond donors (Lipinski definition) is 7. The van der Waals surface area contributed by atoms with Gasteiger partial charge in [0, 0.05) is 133 Å². The number of aromatic amines is 4. The minimum Gasteiger partial charge on any atom is -0.870 e. The quantitative estimate of drug-likeness (QED) is 0.00382. The molecule has 6 aliphatic rings. The third-order valence-corrected chi connectivity index (χ3v) is 25.7. The Kier molecular flexibility index (Phi) is 47.8. The molecular formula is C109H136ClF6N13NaO11-. The van der Waals surface area contributed by atoms with E-state index in [2.05, 4.69) is 231 Å². The molecule has 141 heavy (non-hydrogen) atoms. The molecule has 8 aromatic rings. The first-order valence-electron chi connectivity index (χ1n) is 47.2. The van der Waals surface area contributed by atoms with Crippen LogP contribution < -0.4 is 40.2 Å². The molecule has 0 atom stereocenters. The van der Waals surface area contributed by atoms with E-state index >= 15 is 0 Å². The molecule has 14 rings (SSSR count). The number of Topliss-reactive ketones (excluding diaryl/α,β-unsaturated/α-hetero) is 4. The third kappa shape index (κ3) is 37.3. The van der Waals surface area contributed by atoms with Crippen LogP contribution in [-0.2, 0) is 60.6 Å². The molecule has 0 saturated carbocycles. The van der Waals surface area contributed by atoms with Crippen LogP contribution >= 0.6 is 12.4 Å². The summed E-state index contributed by atoms with van der Waals surface area (Å²) in [6.45, 7) is 41.5. The minimum atomic E-state index is -4.64. The molecule has 4 aromatic carbocycles. The van der Waals surface area contributed by atoms with Gasteiger partial charge in [0.1, 0.15) is 11.4 Å². The number of imidazole rings is 4. The number of rotatable bonds is 33. The number of ether oxygens (including phenoxy) is 2. The molecule has 24 nitrogen and oxygen atoms in total. The van der Waals surface area contributed by atoms with Crippen LogP contribution in [0, 0.1) is 49.4 Å². The van der Waals surface area contributed by atoms with Gasteiger partial charge in [-0.05, 0) is 267 Å². The number of alkyl halides is 6. The zero-order valence-corrected chi connectivity index (χ0v) is 86.3. The smallest absolute Gasteiger partial charge is 0.870 e. The van der Waals surface area contributed by atoms with Gasteiger partial charge < -0.3 is 60.3 Å². The Balaban J connectivity index is 0.000000275. The number of allylic oxidation sites excluding steroid dienone is 8. The maximum absolute atomic E-state index is 13.0. The zero-order chi connectivity index (χ0) is 101. The number of terminal acetylenes is 2. The van der Waals surface area contributed by atoms with E-state index in [4.69, 9.17) is 31.9 Å². The van der Waals surface area contributed by atoms with Gasteiger partial charge in [-0.1, -0.05) is 132 Å². The van der Waals surface area contributed by atoms with Gasteiger partial charge in [0.25, 0.3) is 0 Å². The summed E-state index contributed by atoms with van der Waals surface area (Å²) in [4.78, 5) is 115. The van der Waals surface area contributed by atoms with Crippen LogP contribution in [0.1, 0.15) is 277 Å². The Hall–Kier alpha value is -10.5. The number of morpholine rings is 1. The van der Waals surface area contributed by atoms with Gasteiger partial charge >= 0.3 is 41.9 Å². The summed E-state index contributed by atoms with van der Waals surface area (Å²) in [5.74, 6) is 6.33. The Labute approximate surface area is 854 Å². The number of aromatic nitrogens is 8. The average molecular weight is 1980 g/mol. The number of aliphatic hydroxyl groups excluding tert-OH is 1. The van der Waals surface area contributed by atoms with Gasteiger partial charge in [-0.25, -0.2) is 26.2 Å². The number of aliphatic hydroxyl groups is 1. The fourth-order valence-electron chi connectivity index (χ4n) is 17.2. The standard InChI is InChI=1S/C29H39N4O2.C26H29N3O2.C25H35N3O2.C25H29N3O2.2C2HF3O.ClH.Na.H2O/c1-21-20-30-27(31-21)26(35)18-23-6-7-24(19-25(23)22-8-10-28(2,3)11-9-22)29(4,5)33-14-12-32(13-15-33)16-17-34;1-3-23-17-27-26(28-23)25(30)16-22-10-9-21(15-24(22)20-7-5-4-6-8-20)19(2)18-29-11-13-31-14-12-29;1-17-16-26-23(28-17)22(30)14-19-6-7-20(25(4,5)27-12-13-29)15-21(19)18-8-10-24(2,3)11-9-18;1-4-22-17-27-25(28-22)24(29)15-21-11-10-20(18(2)16-26-12-13-30-3)14-23(21)19-8-6-5-7-9-19;2*3-2(4,5)1-6;;;/h6-8,19-20H,9-16,18H2,1-5H3,(H,30,31);1,7,9-10,15,17H,2,4-6,8,11-14,16,18H2,(H,27,28);6-8,15-16,27,29H,9-14H2,1-5H3,(H,26,28);1,8,10-11,14,17,26H,2,5-7,9,12-13,15-16H2,3H3,(H,27,28);2*1H;1H;;1H2/q-1;;;;;;;+1;/p-1. The van der Waals surface area contributed by atoms with Crippen LogP contribution in [0.3, 0.4) is 0 Å². The minimum absolute atomic E-state index is 0. The molecule has 2 aliphatic heterocycles. The van der Waals surface area contributed by atoms with E-state index in [1.54, 1.807) is 19.5 Å². The summed E-state index contributed by atoms with van der Waals surface area (Å²) in [6.07, 6.45) is 33.9. The second-order valence-electron chi connectivity index (χ2n) is 38.3. The van der Waals surface area contributed by atoms with Crippen LogP contribution in [0.4, 0.5) is 26.3 Å². The summed E-state index contributed by atoms with van der Waals surface area (Å²) in [5.41, 5.74) is 24.0. The Bertz CT molecular complexity index is 5750. The number of aldehydes is 2. The number of nitrogens with one attached hydrogen (secondary N) is 6. The van der Waals surface area contributed by atoms with Crippen LogP contribution in [0.5, 0.6) is 0 Å². The number of ketones is 4. The molecule has 4 aliphatic carbocycles. The van der Waals surface area contributed by atoms with Crippen LogP contribution in [0.2, 0.25) is 0 Å². The number of benzene rings is 4. The van der Waals surface area contributed by atoms with E-state index in [0.29, 0.717) is 91.0 Å². The molecular weight excluding hydrogens is 1840 g/mol. The van der Waals surface area contributed by atoms with Gasteiger partial charge in [-0.2, -0.15) is 26.3 Å². The van der Waals surface area contributed by atoms with Crippen molar-refractivity contribution in [2.24, 2.45) is 10.8 Å². The molecule has 32 heteroatoms. The van der Waals surface area contributed by atoms with Crippen molar-refractivity contribution in [3.8, 4) is 24.7 Å². The monoisotopic (exact) mass is 1970 g/mol. The van der Waals surface area contributed by atoms with E-state index in [1.807, 2.05) is 32.3 Å². The topological polar surface area (TPSA) is 337 Å². The SMILES string of the molecule is C#Cc1cnc(C(=O)Cc2ccc(C(=C)CN3CCOCC3)cc2C2=CCCCC2)[nH]1.C#Cc1cnc(C(=O)Cc2ccc(C(=C)CNCCOC)cc2C2=CCCCC2)[nH]1.Cc1cnc(C(=O)Cc2ccc(C(C)(C)N3CCN(C[C-]=O)CC3)cc2C2=CCC(C)(C)CC2)[nH]1.Cc1cnc(C(=O)Cc2ccc(C(C)(C)NCCO)cc2C2=CCC(C)(C)CC2)[nH]1.Cl.O=CC(F)(F)F.O=CC(F)(F)F.[Na+].[OH-]. The van der Waals surface area contributed by atoms with Crippen molar-refractivity contribution in [1.82, 2.24) is 65.2 Å². The summed E-state index contributed by atoms with van der Waals surface area (Å²) in [6, 6.07) is 25.7. The second kappa shape index (κ2) is 56.5. The maximum Gasteiger partial charge on any atom is 1.00 e. The van der Waals surface area contributed by atoms with Gasteiger partial charge in [0.15, 0.2) is 23.3 Å². The fraction of sp³-hybridized carbons (Fsp3) is 0.459. The molecule has 0 spiro atoms. The largest absolute Gasteiger partial charge is 1.00 e. The zero-order valence-electron chi connectivity index (χ0n) is 83.5. The van der Waals surface area contributed by atoms with Gasteiger partial charge in [0.2, 0.25) is 35.7 Å². The number of aryl methyl sites for hydroxylation is 2. The van der Waals surface area contributed by atoms with Gasteiger partial charge in [0.05, 0.1) is 38.8 Å². The number of H-pyrrole nitrogens is 4.